The number of amides is 2. The maximum Gasteiger partial charge on any atom is 0.352 e. The van der Waals surface area contributed by atoms with Crippen molar-refractivity contribution in [3.05, 3.63) is 93.6 Å². The molecule has 10 heteroatoms. The fourth-order valence-electron chi connectivity index (χ4n) is 5.35. The van der Waals surface area contributed by atoms with E-state index in [4.69, 9.17) is 16.3 Å². The Bertz CT molecular complexity index is 1730. The topological polar surface area (TPSA) is 132 Å². The van der Waals surface area contributed by atoms with Crippen molar-refractivity contribution in [2.75, 3.05) is 23.4 Å². The highest BCUT2D eigenvalue weighted by Gasteiger charge is 2.40. The Morgan fingerprint density at radius 1 is 1.07 bits per heavy atom. The van der Waals surface area contributed by atoms with Gasteiger partial charge in [0.1, 0.15) is 17.9 Å². The Hall–Kier alpha value is -4.18. The van der Waals surface area contributed by atoms with Crippen molar-refractivity contribution >= 4 is 51.7 Å². The number of aromatic carboxylic acids is 1. The van der Waals surface area contributed by atoms with Crippen LogP contribution >= 0.6 is 11.6 Å². The lowest BCUT2D eigenvalue weighted by atomic mass is 9.91. The Balaban J connectivity index is 1.52. The van der Waals surface area contributed by atoms with Crippen LogP contribution in [0.1, 0.15) is 59.1 Å². The number of halogens is 1. The van der Waals surface area contributed by atoms with Crippen molar-refractivity contribution in [1.29, 1.82) is 0 Å². The normalized spacial score (nSPS) is 17.1. The molecule has 3 aromatic carbocycles. The Morgan fingerprint density at radius 2 is 1.84 bits per heavy atom. The molecule has 224 valence electrons. The number of hydrogen-bond donors (Lipinski definition) is 4. The molecular weight excluding hydrogens is 570 g/mol. The Kier molecular flexibility index (Phi) is 8.34. The number of carbonyl (C=O) groups excluding carboxylic acids is 2. The standard InChI is InChI=1S/C33H34ClN3O6/c1-18-6-5-7-23(19(18)2)30-24-14-21(34)8-11-27(24)37(16-33(3,4)17-38)31(40)28(43-30)15-29(39)35-22-9-10-25-20(12-22)13-26(36-25)32(41)42/h5-14,28,30,36,38H,15-17H2,1-4H3,(H,35,39)(H,41,42)/t28-,30-/m1/s1. The summed E-state index contributed by atoms with van der Waals surface area (Å²) in [6.45, 7) is 7.75. The first-order valence-electron chi connectivity index (χ1n) is 14.0. The second-order valence-electron chi connectivity index (χ2n) is 11.8. The van der Waals surface area contributed by atoms with Crippen LogP contribution in [0.4, 0.5) is 11.4 Å². The van der Waals surface area contributed by atoms with Gasteiger partial charge in [-0.1, -0.05) is 43.6 Å². The minimum atomic E-state index is -1.15. The van der Waals surface area contributed by atoms with E-state index in [9.17, 15) is 24.6 Å². The monoisotopic (exact) mass is 603 g/mol. The molecule has 0 saturated heterocycles. The van der Waals surface area contributed by atoms with Crippen molar-refractivity contribution in [2.24, 2.45) is 5.41 Å². The largest absolute Gasteiger partial charge is 0.477 e. The van der Waals surface area contributed by atoms with E-state index in [1.54, 1.807) is 41.3 Å². The van der Waals surface area contributed by atoms with Crippen molar-refractivity contribution < 1.29 is 29.3 Å². The van der Waals surface area contributed by atoms with E-state index >= 15 is 0 Å². The second kappa shape index (κ2) is 11.8. The van der Waals surface area contributed by atoms with Crippen LogP contribution in [0.15, 0.2) is 60.7 Å². The third-order valence-electron chi connectivity index (χ3n) is 7.85. The lowest BCUT2D eigenvalue weighted by Crippen LogP contribution is -2.46. The lowest BCUT2D eigenvalue weighted by Gasteiger charge is -2.32. The van der Waals surface area contributed by atoms with Crippen LogP contribution in [-0.4, -0.2) is 52.2 Å². The first-order valence-corrected chi connectivity index (χ1v) is 14.3. The van der Waals surface area contributed by atoms with Gasteiger partial charge in [-0.25, -0.2) is 4.79 Å². The molecule has 4 aromatic rings. The number of aromatic amines is 1. The SMILES string of the molecule is Cc1cccc([C@H]2O[C@H](CC(=O)Nc3ccc4[nH]c(C(=O)O)cc4c3)C(=O)N(CC(C)(C)CO)c3ccc(Cl)cc32)c1C. The number of carboxylic acid groups (broad SMARTS) is 1. The zero-order valence-electron chi connectivity index (χ0n) is 24.4. The van der Waals surface area contributed by atoms with Crippen LogP contribution < -0.4 is 10.2 Å². The number of aliphatic hydroxyl groups excluding tert-OH is 1. The van der Waals surface area contributed by atoms with Gasteiger partial charge in [0.25, 0.3) is 5.91 Å². The number of H-pyrrole nitrogens is 1. The van der Waals surface area contributed by atoms with Crippen LogP contribution in [0.2, 0.25) is 5.02 Å². The van der Waals surface area contributed by atoms with Crippen LogP contribution in [0, 0.1) is 19.3 Å². The second-order valence-corrected chi connectivity index (χ2v) is 12.2. The summed E-state index contributed by atoms with van der Waals surface area (Å²) < 4.78 is 6.57. The molecule has 0 unspecified atom stereocenters. The molecule has 4 N–H and O–H groups in total. The number of benzene rings is 3. The number of fused-ring (bicyclic) bond motifs is 2. The molecule has 1 aromatic heterocycles. The number of aryl methyl sites for hydroxylation is 1. The molecule has 0 radical (unpaired) electrons. The molecule has 2 heterocycles. The van der Waals surface area contributed by atoms with E-state index in [1.807, 2.05) is 45.9 Å². The average Bonchev–Trinajstić information content (AvgIpc) is 3.36. The Labute approximate surface area is 254 Å². The molecule has 2 atom stereocenters. The van der Waals surface area contributed by atoms with E-state index in [0.717, 1.165) is 16.7 Å². The van der Waals surface area contributed by atoms with E-state index < -0.39 is 35.4 Å². The third kappa shape index (κ3) is 6.29. The van der Waals surface area contributed by atoms with Gasteiger partial charge in [0.15, 0.2) is 0 Å². The van der Waals surface area contributed by atoms with E-state index in [1.165, 1.54) is 6.07 Å². The van der Waals surface area contributed by atoms with Gasteiger partial charge in [0.2, 0.25) is 5.91 Å². The van der Waals surface area contributed by atoms with Crippen molar-refractivity contribution in [2.45, 2.75) is 46.3 Å². The molecule has 0 spiro atoms. The summed E-state index contributed by atoms with van der Waals surface area (Å²) in [7, 11) is 0. The van der Waals surface area contributed by atoms with Gasteiger partial charge in [-0.05, 0) is 73.0 Å². The first kappa shape index (κ1) is 30.3. The summed E-state index contributed by atoms with van der Waals surface area (Å²) in [5.74, 6) is -1.93. The molecule has 9 nitrogen and oxygen atoms in total. The number of ether oxygens (including phenoxy) is 1. The van der Waals surface area contributed by atoms with Crippen LogP contribution in [0.5, 0.6) is 0 Å². The number of carboxylic acids is 1. The predicted octanol–water partition coefficient (Wildman–Crippen LogP) is 6.00. The smallest absolute Gasteiger partial charge is 0.352 e. The van der Waals surface area contributed by atoms with Gasteiger partial charge < -0.3 is 30.2 Å². The maximum atomic E-state index is 14.2. The van der Waals surface area contributed by atoms with Gasteiger partial charge in [-0.15, -0.1) is 0 Å². The molecular formula is C33H34ClN3O6. The summed E-state index contributed by atoms with van der Waals surface area (Å²) in [4.78, 5) is 43.3. The van der Waals surface area contributed by atoms with E-state index in [2.05, 4.69) is 10.3 Å². The molecule has 0 fully saturated rings. The van der Waals surface area contributed by atoms with E-state index in [0.29, 0.717) is 32.9 Å². The van der Waals surface area contributed by atoms with Crippen molar-refractivity contribution in [3.63, 3.8) is 0 Å². The molecule has 0 saturated carbocycles. The number of aliphatic hydroxyl groups is 1. The number of nitrogens with zero attached hydrogens (tertiary/aromatic N) is 1. The highest BCUT2D eigenvalue weighted by atomic mass is 35.5. The zero-order valence-corrected chi connectivity index (χ0v) is 25.2. The molecule has 1 aliphatic rings. The zero-order chi connectivity index (χ0) is 31.1. The van der Waals surface area contributed by atoms with Gasteiger partial charge in [-0.2, -0.15) is 0 Å². The molecule has 1 aliphatic heterocycles. The highest BCUT2D eigenvalue weighted by molar-refractivity contribution is 6.30. The summed E-state index contributed by atoms with van der Waals surface area (Å²) in [6, 6.07) is 17.7. The highest BCUT2D eigenvalue weighted by Crippen LogP contribution is 2.42. The molecule has 0 aliphatic carbocycles. The van der Waals surface area contributed by atoms with Crippen molar-refractivity contribution in [1.82, 2.24) is 4.98 Å². The minimum absolute atomic E-state index is 0.0407. The summed E-state index contributed by atoms with van der Waals surface area (Å²) in [6.07, 6.45) is -2.12. The third-order valence-corrected chi connectivity index (χ3v) is 8.09. The van der Waals surface area contributed by atoms with Gasteiger partial charge in [0, 0.05) is 51.4 Å². The number of aromatic nitrogens is 1. The fraction of sp³-hybridized carbons (Fsp3) is 0.303. The number of anilines is 2. The maximum absolute atomic E-state index is 14.2. The molecule has 2 amide bonds. The number of carbonyl (C=O) groups is 3. The van der Waals surface area contributed by atoms with Gasteiger partial charge in [-0.3, -0.25) is 9.59 Å². The van der Waals surface area contributed by atoms with Gasteiger partial charge in [0.05, 0.1) is 6.42 Å². The summed E-state index contributed by atoms with van der Waals surface area (Å²) >= 11 is 6.47. The summed E-state index contributed by atoms with van der Waals surface area (Å²) in [5.41, 5.74) is 4.69. The predicted molar refractivity (Wildman–Crippen MR) is 166 cm³/mol. The number of hydrogen-bond acceptors (Lipinski definition) is 5. The molecule has 43 heavy (non-hydrogen) atoms. The van der Waals surface area contributed by atoms with Crippen molar-refractivity contribution in [3.8, 4) is 0 Å². The van der Waals surface area contributed by atoms with Gasteiger partial charge >= 0.3 is 5.97 Å². The number of rotatable bonds is 8. The van der Waals surface area contributed by atoms with Crippen LogP contribution in [0.25, 0.3) is 10.9 Å². The molecule has 0 bridgehead atoms. The minimum Gasteiger partial charge on any atom is -0.477 e. The number of nitrogens with one attached hydrogen (secondary N) is 2. The Morgan fingerprint density at radius 3 is 2.56 bits per heavy atom. The fourth-order valence-corrected chi connectivity index (χ4v) is 5.53. The van der Waals surface area contributed by atoms with Crippen LogP contribution in [-0.2, 0) is 14.3 Å². The lowest BCUT2D eigenvalue weighted by molar-refractivity contribution is -0.136. The summed E-state index contributed by atoms with van der Waals surface area (Å²) in [5, 5.41) is 23.3. The molecule has 5 rings (SSSR count). The quantitative estimate of drug-likeness (QED) is 0.195. The van der Waals surface area contributed by atoms with E-state index in [-0.39, 0.29) is 25.3 Å². The first-order chi connectivity index (χ1) is 20.4. The van der Waals surface area contributed by atoms with Crippen LogP contribution in [0.3, 0.4) is 0 Å². The average molecular weight is 604 g/mol.